The summed E-state index contributed by atoms with van der Waals surface area (Å²) in [6.07, 6.45) is 4.94. The maximum atomic E-state index is 10.7. The molecule has 0 aliphatic carbocycles. The van der Waals surface area contributed by atoms with Gasteiger partial charge in [-0.1, -0.05) is 0 Å². The maximum absolute atomic E-state index is 10.7. The summed E-state index contributed by atoms with van der Waals surface area (Å²) in [4.78, 5) is 14.5. The quantitative estimate of drug-likeness (QED) is 0.607. The van der Waals surface area contributed by atoms with Gasteiger partial charge in [0.2, 0.25) is 0 Å². The molecule has 0 saturated carbocycles. The molecule has 0 aromatic carbocycles. The van der Waals surface area contributed by atoms with E-state index in [0.29, 0.717) is 6.54 Å². The molecule has 0 fully saturated rings. The Morgan fingerprint density at radius 1 is 1.70 bits per heavy atom. The van der Waals surface area contributed by atoms with E-state index in [1.165, 1.54) is 0 Å². The number of rotatable bonds is 3. The highest BCUT2D eigenvalue weighted by atomic mass is 35.5. The van der Waals surface area contributed by atoms with Crippen LogP contribution in [-0.4, -0.2) is 21.2 Å². The Hall–Kier alpha value is -0.830. The number of aromatic nitrogens is 2. The van der Waals surface area contributed by atoms with E-state index in [1.54, 1.807) is 23.3 Å². The van der Waals surface area contributed by atoms with E-state index in [2.05, 4.69) is 4.98 Å². The molecule has 0 bridgehead atoms. The van der Waals surface area contributed by atoms with Crippen molar-refractivity contribution >= 4 is 17.4 Å². The van der Waals surface area contributed by atoms with Gasteiger partial charge in [0, 0.05) is 12.4 Å². The van der Waals surface area contributed by atoms with Crippen LogP contribution in [0.2, 0.25) is 0 Å². The molecule has 1 aromatic heterocycles. The van der Waals surface area contributed by atoms with Gasteiger partial charge in [0.25, 0.3) is 0 Å². The summed E-state index contributed by atoms with van der Waals surface area (Å²) in [6.45, 7) is 0.323. The minimum atomic E-state index is -0.000309. The van der Waals surface area contributed by atoms with Crippen LogP contribution in [0.25, 0.3) is 0 Å². The fraction of sp³-hybridized carbons (Fsp3) is 0.333. The van der Waals surface area contributed by atoms with Crippen molar-refractivity contribution in [2.75, 3.05) is 5.88 Å². The Morgan fingerprint density at radius 2 is 2.50 bits per heavy atom. The molecule has 0 atom stereocenters. The first kappa shape index (κ1) is 7.28. The average molecular weight is 159 g/mol. The Bertz CT molecular complexity index is 208. The summed E-state index contributed by atoms with van der Waals surface area (Å²) in [5.41, 5.74) is 0. The zero-order chi connectivity index (χ0) is 7.40. The first-order valence-corrected chi connectivity index (χ1v) is 3.40. The van der Waals surface area contributed by atoms with Gasteiger partial charge in [-0.05, 0) is 0 Å². The summed E-state index contributed by atoms with van der Waals surface area (Å²) >= 11 is 5.29. The van der Waals surface area contributed by atoms with Gasteiger partial charge in [0.05, 0.1) is 18.8 Å². The van der Waals surface area contributed by atoms with Crippen LogP contribution < -0.4 is 0 Å². The van der Waals surface area contributed by atoms with Crippen molar-refractivity contribution in [1.82, 2.24) is 9.55 Å². The van der Waals surface area contributed by atoms with Gasteiger partial charge in [-0.3, -0.25) is 4.79 Å². The van der Waals surface area contributed by atoms with Gasteiger partial charge in [0.15, 0.2) is 5.78 Å². The number of Topliss-reactive ketones (excluding diaryl/α,β-unsaturated/α-hetero) is 1. The summed E-state index contributed by atoms with van der Waals surface area (Å²) < 4.78 is 1.69. The van der Waals surface area contributed by atoms with Crippen molar-refractivity contribution in [3.8, 4) is 0 Å². The largest absolute Gasteiger partial charge is 0.330 e. The van der Waals surface area contributed by atoms with Crippen molar-refractivity contribution in [2.24, 2.45) is 0 Å². The molecule has 4 heteroatoms. The monoisotopic (exact) mass is 158 g/mol. The average Bonchev–Trinajstić information content (AvgIpc) is 2.40. The molecule has 0 unspecified atom stereocenters. The third-order valence-corrected chi connectivity index (χ3v) is 1.37. The van der Waals surface area contributed by atoms with Crippen LogP contribution in [0.15, 0.2) is 18.7 Å². The summed E-state index contributed by atoms with van der Waals surface area (Å²) in [5, 5.41) is 0. The highest BCUT2D eigenvalue weighted by Gasteiger charge is 1.98. The fourth-order valence-electron chi connectivity index (χ4n) is 0.626. The summed E-state index contributed by atoms with van der Waals surface area (Å²) in [5.74, 6) is 0.0673. The minimum Gasteiger partial charge on any atom is -0.330 e. The van der Waals surface area contributed by atoms with E-state index in [-0.39, 0.29) is 11.7 Å². The molecule has 10 heavy (non-hydrogen) atoms. The molecule has 54 valence electrons. The number of hydrogen-bond donors (Lipinski definition) is 0. The van der Waals surface area contributed by atoms with E-state index < -0.39 is 0 Å². The highest BCUT2D eigenvalue weighted by molar-refractivity contribution is 6.27. The predicted molar refractivity (Wildman–Crippen MR) is 38.0 cm³/mol. The second kappa shape index (κ2) is 3.37. The van der Waals surface area contributed by atoms with Crippen molar-refractivity contribution in [2.45, 2.75) is 6.54 Å². The van der Waals surface area contributed by atoms with E-state index in [0.717, 1.165) is 0 Å². The fourth-order valence-corrected chi connectivity index (χ4v) is 0.711. The van der Waals surface area contributed by atoms with Crippen LogP contribution in [0, 0.1) is 0 Å². The van der Waals surface area contributed by atoms with E-state index in [4.69, 9.17) is 11.6 Å². The molecular formula is C6H7ClN2O. The molecule has 1 aromatic rings. The van der Waals surface area contributed by atoms with E-state index in [1.807, 2.05) is 0 Å². The Labute approximate surface area is 63.6 Å². The van der Waals surface area contributed by atoms with Gasteiger partial charge >= 0.3 is 0 Å². The normalized spacial score (nSPS) is 9.70. The Balaban J connectivity index is 2.48. The zero-order valence-electron chi connectivity index (χ0n) is 5.33. The van der Waals surface area contributed by atoms with E-state index in [9.17, 15) is 4.79 Å². The van der Waals surface area contributed by atoms with Crippen LogP contribution in [0.1, 0.15) is 0 Å². The van der Waals surface area contributed by atoms with Crippen LogP contribution in [0.3, 0.4) is 0 Å². The van der Waals surface area contributed by atoms with Crippen LogP contribution in [-0.2, 0) is 11.3 Å². The van der Waals surface area contributed by atoms with Crippen molar-refractivity contribution in [3.05, 3.63) is 18.7 Å². The Kier molecular flexibility index (Phi) is 2.45. The molecule has 0 spiro atoms. The lowest BCUT2D eigenvalue weighted by molar-refractivity contribution is -0.117. The third-order valence-electron chi connectivity index (χ3n) is 1.07. The molecule has 0 amide bonds. The lowest BCUT2D eigenvalue weighted by Gasteiger charge is -1.95. The van der Waals surface area contributed by atoms with Crippen molar-refractivity contribution in [1.29, 1.82) is 0 Å². The molecule has 1 heterocycles. The van der Waals surface area contributed by atoms with Crippen LogP contribution in [0.5, 0.6) is 0 Å². The van der Waals surface area contributed by atoms with Gasteiger partial charge in [0.1, 0.15) is 0 Å². The predicted octanol–water partition coefficient (Wildman–Crippen LogP) is 0.691. The molecule has 0 aliphatic heterocycles. The van der Waals surface area contributed by atoms with Crippen molar-refractivity contribution < 1.29 is 4.79 Å². The first-order chi connectivity index (χ1) is 4.83. The molecular weight excluding hydrogens is 152 g/mol. The third kappa shape index (κ3) is 1.84. The number of carbonyl (C=O) groups is 1. The molecule has 3 nitrogen and oxygen atoms in total. The molecule has 0 N–H and O–H groups in total. The summed E-state index contributed by atoms with van der Waals surface area (Å²) in [6, 6.07) is 0. The number of ketones is 1. The Morgan fingerprint density at radius 3 is 3.00 bits per heavy atom. The number of imidazole rings is 1. The molecule has 1 rings (SSSR count). The van der Waals surface area contributed by atoms with Crippen molar-refractivity contribution in [3.63, 3.8) is 0 Å². The van der Waals surface area contributed by atoms with E-state index >= 15 is 0 Å². The molecule has 0 saturated heterocycles. The number of carbonyl (C=O) groups excluding carboxylic acids is 1. The highest BCUT2D eigenvalue weighted by Crippen LogP contribution is 1.88. The van der Waals surface area contributed by atoms with Gasteiger partial charge in [-0.25, -0.2) is 4.98 Å². The number of halogens is 1. The van der Waals surface area contributed by atoms with Crippen LogP contribution in [0.4, 0.5) is 0 Å². The minimum absolute atomic E-state index is 0.000309. The second-order valence-corrected chi connectivity index (χ2v) is 2.17. The maximum Gasteiger partial charge on any atom is 0.167 e. The number of hydrogen-bond acceptors (Lipinski definition) is 2. The van der Waals surface area contributed by atoms with Gasteiger partial charge < -0.3 is 4.57 Å². The molecule has 0 radical (unpaired) electrons. The zero-order valence-corrected chi connectivity index (χ0v) is 6.08. The first-order valence-electron chi connectivity index (χ1n) is 2.86. The lowest BCUT2D eigenvalue weighted by atomic mass is 10.4. The summed E-state index contributed by atoms with van der Waals surface area (Å²) in [7, 11) is 0. The topological polar surface area (TPSA) is 34.9 Å². The lowest BCUT2D eigenvalue weighted by Crippen LogP contribution is -2.08. The number of alkyl halides is 1. The van der Waals surface area contributed by atoms with Gasteiger partial charge in [-0.15, -0.1) is 11.6 Å². The smallest absolute Gasteiger partial charge is 0.167 e. The standard InChI is InChI=1S/C6H7ClN2O/c7-3-6(10)4-9-2-1-8-5-9/h1-2,5H,3-4H2. The number of nitrogens with zero attached hydrogens (tertiary/aromatic N) is 2. The van der Waals surface area contributed by atoms with Gasteiger partial charge in [-0.2, -0.15) is 0 Å². The molecule has 0 aliphatic rings. The van der Waals surface area contributed by atoms with Crippen LogP contribution >= 0.6 is 11.6 Å². The second-order valence-electron chi connectivity index (χ2n) is 1.91. The SMILES string of the molecule is O=C(CCl)Cn1ccnc1.